The van der Waals surface area contributed by atoms with E-state index in [0.29, 0.717) is 12.0 Å². The Kier molecular flexibility index (Phi) is 7.44. The number of phosphoric ester groups is 1. The maximum absolute atomic E-state index is 12.3. The third kappa shape index (κ3) is 6.11. The zero-order chi connectivity index (χ0) is 20.9. The highest BCUT2D eigenvalue weighted by Gasteiger charge is 2.35. The van der Waals surface area contributed by atoms with Crippen molar-refractivity contribution in [1.82, 2.24) is 9.97 Å². The van der Waals surface area contributed by atoms with Crippen molar-refractivity contribution >= 4 is 38.4 Å². The van der Waals surface area contributed by atoms with Crippen LogP contribution in [-0.4, -0.2) is 34.7 Å². The molecule has 2 atom stereocenters. The lowest BCUT2D eigenvalue weighted by atomic mass is 10.1. The van der Waals surface area contributed by atoms with E-state index < -0.39 is 13.4 Å². The van der Waals surface area contributed by atoms with Crippen LogP contribution in [0.15, 0.2) is 29.2 Å². The molecule has 29 heavy (non-hydrogen) atoms. The number of carbonyl (C=O) groups is 1. The summed E-state index contributed by atoms with van der Waals surface area (Å²) in [5.41, 5.74) is 1.59. The molecule has 2 unspecified atom stereocenters. The average Bonchev–Trinajstić information content (AvgIpc) is 3.21. The lowest BCUT2D eigenvalue weighted by Crippen LogP contribution is -2.16. The van der Waals surface area contributed by atoms with Crippen molar-refractivity contribution in [2.24, 2.45) is 0 Å². The van der Waals surface area contributed by atoms with Crippen molar-refractivity contribution in [1.29, 1.82) is 0 Å². The smallest absolute Gasteiger partial charge is 0.404 e. The summed E-state index contributed by atoms with van der Waals surface area (Å²) >= 11 is 5.99. The van der Waals surface area contributed by atoms with Crippen LogP contribution in [-0.2, 0) is 24.4 Å². The van der Waals surface area contributed by atoms with Gasteiger partial charge in [0.2, 0.25) is 0 Å². The monoisotopic (exact) mass is 458 g/mol. The molecule has 1 aromatic carbocycles. The third-order valence-electron chi connectivity index (χ3n) is 3.93. The number of H-pyrrole nitrogens is 2. The number of aryl methyl sites for hydroxylation is 1. The highest BCUT2D eigenvalue weighted by molar-refractivity contribution is 7.94. The Bertz CT molecular complexity index is 1030. The van der Waals surface area contributed by atoms with Crippen molar-refractivity contribution in [2.45, 2.75) is 26.1 Å². The second-order valence-corrected chi connectivity index (χ2v) is 9.03. The Morgan fingerprint density at radius 1 is 1.45 bits per heavy atom. The average molecular weight is 458 g/mol. The van der Waals surface area contributed by atoms with Crippen LogP contribution in [0.25, 0.3) is 0 Å². The van der Waals surface area contributed by atoms with Crippen LogP contribution in [0.3, 0.4) is 0 Å². The van der Waals surface area contributed by atoms with Crippen LogP contribution in [0, 0.1) is 11.7 Å². The molecule has 0 saturated carbocycles. The molecule has 1 saturated heterocycles. The summed E-state index contributed by atoms with van der Waals surface area (Å²) in [6.07, 6.45) is 2.58. The minimum absolute atomic E-state index is 0.0394. The van der Waals surface area contributed by atoms with Crippen molar-refractivity contribution in [2.75, 3.05) is 12.4 Å². The molecule has 156 valence electrons. The van der Waals surface area contributed by atoms with E-state index in [0.717, 1.165) is 23.3 Å². The van der Waals surface area contributed by atoms with E-state index >= 15 is 0 Å². The van der Waals surface area contributed by atoms with Crippen LogP contribution < -0.4 is 10.1 Å². The fourth-order valence-electron chi connectivity index (χ4n) is 2.43. The first-order valence-electron chi connectivity index (χ1n) is 8.62. The van der Waals surface area contributed by atoms with Gasteiger partial charge in [-0.05, 0) is 43.7 Å². The van der Waals surface area contributed by atoms with E-state index in [4.69, 9.17) is 17.8 Å². The molecule has 0 bridgehead atoms. The van der Waals surface area contributed by atoms with Gasteiger partial charge < -0.3 is 13.7 Å². The fraction of sp³-hybridized carbons (Fsp3) is 0.353. The fourth-order valence-corrected chi connectivity index (χ4v) is 4.63. The molecule has 1 fully saturated rings. The van der Waals surface area contributed by atoms with Gasteiger partial charge >= 0.3 is 7.82 Å². The first kappa shape index (κ1) is 21.9. The van der Waals surface area contributed by atoms with Gasteiger partial charge in [0.05, 0.1) is 24.9 Å². The number of aldehydes is 1. The van der Waals surface area contributed by atoms with Crippen LogP contribution in [0.4, 0.5) is 0 Å². The Labute approximate surface area is 175 Å². The quantitative estimate of drug-likeness (QED) is 0.306. The number of nitrogens with one attached hydrogen (secondary N) is 2. The van der Waals surface area contributed by atoms with Gasteiger partial charge in [-0.1, -0.05) is 17.7 Å². The standard InChI is InChI=1S/C12H15O5PS.C5H4N2O2S/c1-9-2-3-12-10(6-9)7-14-18(13,16-12)15-8-11-4-5-19-17-11;8-2-3-1-6-5(10)7-4(3)9/h2-3,6,11H,4-5,7-8H2,1H3;1-2H,(H2,6,7,9,10). The number of aromatic nitrogens is 2. The summed E-state index contributed by atoms with van der Waals surface area (Å²) in [7, 11) is -3.50. The minimum Gasteiger partial charge on any atom is -0.404 e. The SMILES string of the molecule is Cc1ccc2c(c1)COP(=O)(OCC1CCSO1)O2.O=Cc1c[nH]c(=S)[nH]c1=O. The molecule has 2 aliphatic rings. The predicted molar refractivity (Wildman–Crippen MR) is 110 cm³/mol. The normalized spacial score (nSPS) is 22.7. The van der Waals surface area contributed by atoms with Gasteiger partial charge in [0, 0.05) is 17.5 Å². The Balaban J connectivity index is 0.000000204. The summed E-state index contributed by atoms with van der Waals surface area (Å²) in [5, 5.41) is 0. The van der Waals surface area contributed by atoms with E-state index in [-0.39, 0.29) is 29.7 Å². The third-order valence-corrected chi connectivity index (χ3v) is 6.29. The zero-order valence-corrected chi connectivity index (χ0v) is 17.9. The zero-order valence-electron chi connectivity index (χ0n) is 15.4. The van der Waals surface area contributed by atoms with E-state index in [1.807, 2.05) is 19.1 Å². The number of hydrogen-bond donors (Lipinski definition) is 2. The Morgan fingerprint density at radius 2 is 2.28 bits per heavy atom. The van der Waals surface area contributed by atoms with Crippen LogP contribution >= 0.6 is 32.1 Å². The molecule has 0 spiro atoms. The van der Waals surface area contributed by atoms with E-state index in [9.17, 15) is 14.2 Å². The minimum atomic E-state index is -3.50. The summed E-state index contributed by atoms with van der Waals surface area (Å²) in [4.78, 5) is 25.5. The van der Waals surface area contributed by atoms with Gasteiger partial charge in [-0.25, -0.2) is 4.57 Å². The van der Waals surface area contributed by atoms with Gasteiger partial charge in [0.1, 0.15) is 5.75 Å². The number of hydrogen-bond acceptors (Lipinski definition) is 9. The summed E-state index contributed by atoms with van der Waals surface area (Å²) < 4.78 is 33.8. The topological polar surface area (TPSA) is 120 Å². The number of aromatic amines is 2. The molecule has 2 N–H and O–H groups in total. The number of fused-ring (bicyclic) bond motifs is 1. The molecule has 2 aromatic rings. The molecule has 3 heterocycles. The predicted octanol–water partition coefficient (Wildman–Crippen LogP) is 3.71. The van der Waals surface area contributed by atoms with Gasteiger partial charge in [-0.2, -0.15) is 0 Å². The molecule has 0 amide bonds. The number of carbonyl (C=O) groups excluding carboxylic acids is 1. The highest BCUT2D eigenvalue weighted by Crippen LogP contribution is 2.54. The second kappa shape index (κ2) is 9.84. The maximum atomic E-state index is 12.3. The van der Waals surface area contributed by atoms with E-state index in [1.54, 1.807) is 6.07 Å². The molecule has 1 aromatic heterocycles. The van der Waals surface area contributed by atoms with Gasteiger partial charge in [0.25, 0.3) is 5.56 Å². The van der Waals surface area contributed by atoms with Crippen molar-refractivity contribution in [3.05, 3.63) is 56.2 Å². The molecule has 0 radical (unpaired) electrons. The Morgan fingerprint density at radius 3 is 2.97 bits per heavy atom. The summed E-state index contributed by atoms with van der Waals surface area (Å²) in [5.74, 6) is 1.50. The lowest BCUT2D eigenvalue weighted by Gasteiger charge is -2.25. The van der Waals surface area contributed by atoms with Crippen molar-refractivity contribution < 1.29 is 27.1 Å². The van der Waals surface area contributed by atoms with Crippen LogP contribution in [0.1, 0.15) is 27.9 Å². The molecule has 4 rings (SSSR count). The number of benzene rings is 1. The highest BCUT2D eigenvalue weighted by atomic mass is 32.2. The summed E-state index contributed by atoms with van der Waals surface area (Å²) in [6.45, 7) is 2.46. The van der Waals surface area contributed by atoms with Gasteiger partial charge in [0.15, 0.2) is 11.1 Å². The van der Waals surface area contributed by atoms with Crippen LogP contribution in [0.2, 0.25) is 0 Å². The molecule has 9 nitrogen and oxygen atoms in total. The molecule has 0 aliphatic carbocycles. The second-order valence-electron chi connectivity index (χ2n) is 6.19. The van der Waals surface area contributed by atoms with Gasteiger partial charge in [-0.3, -0.25) is 23.6 Å². The Hall–Kier alpha value is -1.75. The first-order chi connectivity index (χ1) is 13.9. The molecular weight excluding hydrogens is 439 g/mol. The van der Waals surface area contributed by atoms with Crippen molar-refractivity contribution in [3.8, 4) is 5.75 Å². The van der Waals surface area contributed by atoms with Gasteiger partial charge in [-0.15, -0.1) is 0 Å². The molecular formula is C17H19N2O7PS2. The first-order valence-corrected chi connectivity index (χ1v) is 11.4. The van der Waals surface area contributed by atoms with Crippen molar-refractivity contribution in [3.63, 3.8) is 0 Å². The maximum Gasteiger partial charge on any atom is 0.530 e. The largest absolute Gasteiger partial charge is 0.530 e. The molecule has 12 heteroatoms. The van der Waals surface area contributed by atoms with E-state index in [2.05, 4.69) is 22.2 Å². The van der Waals surface area contributed by atoms with E-state index in [1.165, 1.54) is 18.2 Å². The summed E-state index contributed by atoms with van der Waals surface area (Å²) in [6, 6.07) is 5.66. The number of phosphoric acid groups is 1. The molecule has 2 aliphatic heterocycles. The lowest BCUT2D eigenvalue weighted by molar-refractivity contribution is 0.0954. The van der Waals surface area contributed by atoms with Crippen LogP contribution in [0.5, 0.6) is 5.75 Å². The number of rotatable bonds is 4.